The standard InChI is InChI=1S/C25H23N3O2.C24H21N3O2/c1-30-25(29)22-14-20(18-6-7-18)15-27-23(22)13-17-5-8-24-19(12-17)9-11-28(24)16-21-4-2-3-10-26-21;28-24(29)21-13-19(17-5-6-17)14-26-22(21)12-16-4-7-23-18(11-16)8-10-27(23)15-20-3-1-2-9-25-20/h2-5,8-12,14-15,18H,6-7,13,16H2,1H3;1-4,7-11,13-14,17H,5-6,12,15H2,(H,28,29). The molecule has 0 unspecified atom stereocenters. The van der Waals surface area contributed by atoms with E-state index in [4.69, 9.17) is 4.74 Å². The quantitative estimate of drug-likeness (QED) is 0.122. The fourth-order valence-electron chi connectivity index (χ4n) is 7.77. The van der Waals surface area contributed by atoms with Crippen molar-refractivity contribution >= 4 is 33.7 Å². The number of carbonyl (C=O) groups is 2. The highest BCUT2D eigenvalue weighted by Crippen LogP contribution is 2.41. The van der Waals surface area contributed by atoms with Gasteiger partial charge in [-0.3, -0.25) is 19.9 Å². The topological polar surface area (TPSA) is 125 Å². The number of aromatic carboxylic acids is 1. The highest BCUT2D eigenvalue weighted by molar-refractivity contribution is 5.91. The van der Waals surface area contributed by atoms with Crippen LogP contribution in [0.3, 0.4) is 0 Å². The SMILES string of the molecule is COC(=O)c1cc(C2CC2)cnc1Cc1ccc2c(ccn2Cc2ccccn2)c1.O=C(O)c1cc(C2CC2)cnc1Cc1ccc2c(ccn2Cc2ccccn2)c1. The van der Waals surface area contributed by atoms with Crippen LogP contribution in [0.25, 0.3) is 21.8 Å². The Morgan fingerprint density at radius 3 is 1.56 bits per heavy atom. The highest BCUT2D eigenvalue weighted by atomic mass is 16.5. The number of hydrogen-bond acceptors (Lipinski definition) is 7. The number of aromatic nitrogens is 6. The summed E-state index contributed by atoms with van der Waals surface area (Å²) in [4.78, 5) is 42.0. The number of benzene rings is 2. The molecule has 2 saturated carbocycles. The average Bonchev–Trinajstić information content (AvgIpc) is 4.21. The molecule has 2 aliphatic rings. The summed E-state index contributed by atoms with van der Waals surface area (Å²) in [6.45, 7) is 1.46. The zero-order valence-electron chi connectivity index (χ0n) is 32.9. The normalized spacial score (nSPS) is 13.6. The first-order chi connectivity index (χ1) is 28.9. The predicted molar refractivity (Wildman–Crippen MR) is 227 cm³/mol. The van der Waals surface area contributed by atoms with Crippen LogP contribution >= 0.6 is 0 Å². The monoisotopic (exact) mass is 780 g/mol. The molecular formula is C49H44N6O4. The van der Waals surface area contributed by atoms with Gasteiger partial charge in [0.25, 0.3) is 0 Å². The van der Waals surface area contributed by atoms with Gasteiger partial charge in [0.15, 0.2) is 0 Å². The van der Waals surface area contributed by atoms with Crippen molar-refractivity contribution < 1.29 is 19.4 Å². The third-order valence-electron chi connectivity index (χ3n) is 11.2. The van der Waals surface area contributed by atoms with Gasteiger partial charge in [0.1, 0.15) is 0 Å². The third-order valence-corrected chi connectivity index (χ3v) is 11.2. The molecule has 0 spiro atoms. The van der Waals surface area contributed by atoms with Crippen molar-refractivity contribution in [3.8, 4) is 0 Å². The molecular weight excluding hydrogens is 737 g/mol. The van der Waals surface area contributed by atoms with E-state index in [9.17, 15) is 14.7 Å². The summed E-state index contributed by atoms with van der Waals surface area (Å²) in [6, 6.07) is 32.5. The summed E-state index contributed by atoms with van der Waals surface area (Å²) in [5.41, 5.74) is 11.0. The number of esters is 1. The second-order valence-corrected chi connectivity index (χ2v) is 15.5. The Hall–Kier alpha value is -6.94. The molecule has 0 saturated heterocycles. The molecule has 59 heavy (non-hydrogen) atoms. The molecule has 10 nitrogen and oxygen atoms in total. The summed E-state index contributed by atoms with van der Waals surface area (Å²) in [6.07, 6.45) is 17.3. The molecule has 294 valence electrons. The van der Waals surface area contributed by atoms with Gasteiger partial charge in [-0.05, 0) is 143 Å². The molecule has 2 aromatic carbocycles. The van der Waals surface area contributed by atoms with Crippen LogP contribution in [0.1, 0.15) is 103 Å². The van der Waals surface area contributed by atoms with Gasteiger partial charge >= 0.3 is 11.9 Å². The van der Waals surface area contributed by atoms with E-state index < -0.39 is 5.97 Å². The maximum Gasteiger partial charge on any atom is 0.339 e. The van der Waals surface area contributed by atoms with E-state index in [1.165, 1.54) is 20.0 Å². The Morgan fingerprint density at radius 1 is 0.627 bits per heavy atom. The Morgan fingerprint density at radius 2 is 1.12 bits per heavy atom. The lowest BCUT2D eigenvalue weighted by molar-refractivity contribution is 0.0598. The minimum absolute atomic E-state index is 0.317. The largest absolute Gasteiger partial charge is 0.478 e. The number of hydrogen-bond donors (Lipinski definition) is 1. The van der Waals surface area contributed by atoms with E-state index in [1.807, 2.05) is 67.1 Å². The molecule has 0 aliphatic heterocycles. The number of fused-ring (bicyclic) bond motifs is 2. The fourth-order valence-corrected chi connectivity index (χ4v) is 7.77. The smallest absolute Gasteiger partial charge is 0.339 e. The van der Waals surface area contributed by atoms with Gasteiger partial charge < -0.3 is 19.0 Å². The van der Waals surface area contributed by atoms with Crippen molar-refractivity contribution in [2.75, 3.05) is 7.11 Å². The summed E-state index contributed by atoms with van der Waals surface area (Å²) in [5, 5.41) is 11.9. The van der Waals surface area contributed by atoms with Crippen LogP contribution in [0.4, 0.5) is 0 Å². The molecule has 6 heterocycles. The van der Waals surface area contributed by atoms with Crippen molar-refractivity contribution in [2.45, 2.75) is 63.5 Å². The second-order valence-electron chi connectivity index (χ2n) is 15.5. The van der Waals surface area contributed by atoms with E-state index in [-0.39, 0.29) is 5.97 Å². The maximum absolute atomic E-state index is 12.3. The zero-order valence-corrected chi connectivity index (χ0v) is 32.9. The fraction of sp³-hybridized carbons (Fsp3) is 0.224. The third kappa shape index (κ3) is 8.67. The lowest BCUT2D eigenvalue weighted by Crippen LogP contribution is -2.09. The molecule has 10 heteroatoms. The molecule has 8 aromatic rings. The lowest BCUT2D eigenvalue weighted by Gasteiger charge is -2.10. The number of carboxylic acid groups (broad SMARTS) is 1. The van der Waals surface area contributed by atoms with Gasteiger partial charge in [-0.15, -0.1) is 0 Å². The van der Waals surface area contributed by atoms with Gasteiger partial charge in [0.2, 0.25) is 0 Å². The van der Waals surface area contributed by atoms with Crippen LogP contribution in [-0.2, 0) is 30.7 Å². The first-order valence-electron chi connectivity index (χ1n) is 20.1. The number of methoxy groups -OCH3 is 1. The summed E-state index contributed by atoms with van der Waals surface area (Å²) >= 11 is 0. The minimum Gasteiger partial charge on any atom is -0.478 e. The van der Waals surface area contributed by atoms with Gasteiger partial charge in [0, 0.05) is 61.1 Å². The van der Waals surface area contributed by atoms with Gasteiger partial charge in [-0.2, -0.15) is 0 Å². The van der Waals surface area contributed by atoms with Crippen molar-refractivity contribution in [1.29, 1.82) is 0 Å². The number of ether oxygens (including phenoxy) is 1. The first kappa shape index (κ1) is 37.6. The van der Waals surface area contributed by atoms with E-state index in [2.05, 4.69) is 90.0 Å². The summed E-state index contributed by atoms with van der Waals surface area (Å²) < 4.78 is 9.38. The molecule has 0 bridgehead atoms. The van der Waals surface area contributed by atoms with Gasteiger partial charge in [-0.25, -0.2) is 9.59 Å². The van der Waals surface area contributed by atoms with Crippen LogP contribution in [0.2, 0.25) is 0 Å². The molecule has 2 fully saturated rings. The van der Waals surface area contributed by atoms with Crippen molar-refractivity contribution in [3.05, 3.63) is 190 Å². The average molecular weight is 781 g/mol. The van der Waals surface area contributed by atoms with Crippen LogP contribution in [0.15, 0.2) is 134 Å². The molecule has 6 aromatic heterocycles. The van der Waals surface area contributed by atoms with E-state index in [1.54, 1.807) is 6.20 Å². The minimum atomic E-state index is -0.905. The van der Waals surface area contributed by atoms with Crippen LogP contribution in [0.5, 0.6) is 0 Å². The van der Waals surface area contributed by atoms with E-state index in [0.717, 1.165) is 87.1 Å². The Labute approximate surface area is 342 Å². The number of carboxylic acids is 1. The summed E-state index contributed by atoms with van der Waals surface area (Å²) in [7, 11) is 1.42. The Kier molecular flexibility index (Phi) is 10.5. The van der Waals surface area contributed by atoms with Crippen LogP contribution < -0.4 is 0 Å². The van der Waals surface area contributed by atoms with Crippen LogP contribution in [-0.4, -0.2) is 53.2 Å². The lowest BCUT2D eigenvalue weighted by atomic mass is 10.0. The predicted octanol–water partition coefficient (Wildman–Crippen LogP) is 9.38. The zero-order chi connectivity index (χ0) is 40.3. The van der Waals surface area contributed by atoms with E-state index in [0.29, 0.717) is 41.5 Å². The van der Waals surface area contributed by atoms with Gasteiger partial charge in [-0.1, -0.05) is 24.3 Å². The Bertz CT molecular complexity index is 2790. The molecule has 0 radical (unpaired) electrons. The molecule has 0 amide bonds. The number of pyridine rings is 4. The molecule has 10 rings (SSSR count). The van der Waals surface area contributed by atoms with Crippen molar-refractivity contribution in [1.82, 2.24) is 29.1 Å². The maximum atomic E-state index is 12.3. The second kappa shape index (κ2) is 16.5. The first-order valence-corrected chi connectivity index (χ1v) is 20.1. The van der Waals surface area contributed by atoms with Gasteiger partial charge in [0.05, 0.1) is 54.1 Å². The highest BCUT2D eigenvalue weighted by Gasteiger charge is 2.27. The molecule has 2 aliphatic carbocycles. The van der Waals surface area contributed by atoms with Crippen LogP contribution in [0, 0.1) is 0 Å². The molecule has 1 N–H and O–H groups in total. The van der Waals surface area contributed by atoms with Crippen molar-refractivity contribution in [2.24, 2.45) is 0 Å². The molecule has 0 atom stereocenters. The Balaban J connectivity index is 0.000000152. The summed E-state index contributed by atoms with van der Waals surface area (Å²) in [5.74, 6) is -0.185. The van der Waals surface area contributed by atoms with E-state index >= 15 is 0 Å². The number of rotatable bonds is 12. The van der Waals surface area contributed by atoms with Crippen molar-refractivity contribution in [3.63, 3.8) is 0 Å². The number of carbonyl (C=O) groups excluding carboxylic acids is 1. The number of nitrogens with zero attached hydrogens (tertiary/aromatic N) is 6.